The van der Waals surface area contributed by atoms with Crippen molar-refractivity contribution in [1.29, 1.82) is 5.26 Å². The van der Waals surface area contributed by atoms with Crippen molar-refractivity contribution in [1.82, 2.24) is 25.1 Å². The summed E-state index contributed by atoms with van der Waals surface area (Å²) in [6.45, 7) is 3.91. The molecule has 3 aromatic heterocycles. The summed E-state index contributed by atoms with van der Waals surface area (Å²) in [7, 11) is 3.10. The number of aromatic nitrogens is 4. The van der Waals surface area contributed by atoms with Crippen LogP contribution in [-0.2, 0) is 11.3 Å². The van der Waals surface area contributed by atoms with E-state index >= 15 is 0 Å². The number of pyridine rings is 1. The monoisotopic (exact) mass is 500 g/mol. The van der Waals surface area contributed by atoms with Crippen LogP contribution >= 0.6 is 0 Å². The van der Waals surface area contributed by atoms with Gasteiger partial charge in [0.1, 0.15) is 17.3 Å². The quantitative estimate of drug-likeness (QED) is 0.236. The van der Waals surface area contributed by atoms with Gasteiger partial charge in [-0.15, -0.1) is 0 Å². The fraction of sp³-hybridized carbons (Fsp3) is 0.259. The highest BCUT2D eigenvalue weighted by Crippen LogP contribution is 2.30. The number of ether oxygens (including phenoxy) is 2. The molecule has 0 fully saturated rings. The Labute approximate surface area is 214 Å². The number of H-pyrrole nitrogens is 1. The van der Waals surface area contributed by atoms with Gasteiger partial charge in [-0.3, -0.25) is 9.48 Å². The maximum atomic E-state index is 13.0. The molecule has 3 heterocycles. The number of rotatable bonds is 9. The van der Waals surface area contributed by atoms with Gasteiger partial charge in [-0.25, -0.2) is 4.98 Å². The van der Waals surface area contributed by atoms with Crippen molar-refractivity contribution < 1.29 is 19.4 Å². The molecule has 1 aromatic carbocycles. The highest BCUT2D eigenvalue weighted by atomic mass is 16.5. The number of fused-ring (bicyclic) bond motifs is 1. The smallest absolute Gasteiger partial charge is 0.262 e. The van der Waals surface area contributed by atoms with Gasteiger partial charge in [-0.2, -0.15) is 10.4 Å². The van der Waals surface area contributed by atoms with Crippen molar-refractivity contribution in [2.75, 3.05) is 14.2 Å². The zero-order valence-corrected chi connectivity index (χ0v) is 21.0. The van der Waals surface area contributed by atoms with Gasteiger partial charge < -0.3 is 24.9 Å². The molecule has 1 amide bonds. The molecular formula is C27H28N6O4. The van der Waals surface area contributed by atoms with E-state index < -0.39 is 12.0 Å². The molecule has 0 aliphatic carbocycles. The normalized spacial score (nSPS) is 13.1. The molecule has 3 N–H and O–H groups in total. The van der Waals surface area contributed by atoms with Crippen molar-refractivity contribution in [2.45, 2.75) is 32.5 Å². The lowest BCUT2D eigenvalue weighted by molar-refractivity contribution is -0.117. The maximum absolute atomic E-state index is 13.0. The molecule has 4 aromatic rings. The van der Waals surface area contributed by atoms with Crippen LogP contribution in [0.4, 0.5) is 0 Å². The lowest BCUT2D eigenvalue weighted by atomic mass is 10.1. The summed E-state index contributed by atoms with van der Waals surface area (Å²) in [5.41, 5.74) is 3.72. The second-order valence-electron chi connectivity index (χ2n) is 8.64. The Morgan fingerprint density at radius 2 is 2.00 bits per heavy atom. The Kier molecular flexibility index (Phi) is 7.55. The topological polar surface area (TPSA) is 138 Å². The first-order valence-electron chi connectivity index (χ1n) is 11.7. The number of aliphatic hydroxyl groups is 1. The van der Waals surface area contributed by atoms with Gasteiger partial charge in [0.05, 0.1) is 39.1 Å². The second-order valence-corrected chi connectivity index (χ2v) is 8.64. The van der Waals surface area contributed by atoms with Crippen molar-refractivity contribution in [2.24, 2.45) is 0 Å². The fourth-order valence-corrected chi connectivity index (χ4v) is 3.97. The van der Waals surface area contributed by atoms with Crippen molar-refractivity contribution in [3.8, 4) is 28.7 Å². The molecule has 190 valence electrons. The molecule has 0 aliphatic heterocycles. The highest BCUT2D eigenvalue weighted by molar-refractivity contribution is 6.04. The number of methoxy groups -OCH3 is 2. The van der Waals surface area contributed by atoms with Crippen LogP contribution in [0.25, 0.3) is 28.2 Å². The summed E-state index contributed by atoms with van der Waals surface area (Å²) < 4.78 is 12.3. The molecule has 1 unspecified atom stereocenters. The number of amides is 1. The van der Waals surface area contributed by atoms with Gasteiger partial charge in [0.15, 0.2) is 11.5 Å². The molecule has 0 aliphatic rings. The number of nitrogens with one attached hydrogen (secondary N) is 2. The van der Waals surface area contributed by atoms with Crippen LogP contribution in [0.2, 0.25) is 0 Å². The molecule has 0 spiro atoms. The van der Waals surface area contributed by atoms with Crippen molar-refractivity contribution in [3.63, 3.8) is 0 Å². The number of carbonyl (C=O) groups excluding carboxylic acids is 1. The van der Waals surface area contributed by atoms with E-state index in [-0.39, 0.29) is 11.6 Å². The Bertz CT molecular complexity index is 1490. The minimum atomic E-state index is -0.514. The van der Waals surface area contributed by atoms with Crippen LogP contribution < -0.4 is 14.8 Å². The summed E-state index contributed by atoms with van der Waals surface area (Å²) in [5.74, 6) is 0.642. The SMILES string of the molecule is COc1ccc([C@@H](C)NC(=O)/C(C#N)=C/c2c[nH]c3ncc(-c4cnn(CC(C)O)c4)cc23)cc1OC. The van der Waals surface area contributed by atoms with Crippen LogP contribution in [-0.4, -0.2) is 51.1 Å². The molecule has 2 atom stereocenters. The predicted octanol–water partition coefficient (Wildman–Crippen LogP) is 3.61. The van der Waals surface area contributed by atoms with Gasteiger partial charge in [-0.1, -0.05) is 6.07 Å². The minimum Gasteiger partial charge on any atom is -0.493 e. The summed E-state index contributed by atoms with van der Waals surface area (Å²) in [5, 5.41) is 27.2. The number of nitrogens with zero attached hydrogens (tertiary/aromatic N) is 4. The number of aromatic amines is 1. The number of hydrogen-bond acceptors (Lipinski definition) is 7. The Morgan fingerprint density at radius 1 is 1.22 bits per heavy atom. The van der Waals surface area contributed by atoms with Crippen LogP contribution in [0, 0.1) is 11.3 Å². The zero-order valence-electron chi connectivity index (χ0n) is 21.0. The van der Waals surface area contributed by atoms with Gasteiger partial charge in [0, 0.05) is 40.7 Å². The summed E-state index contributed by atoms with van der Waals surface area (Å²) in [4.78, 5) is 20.5. The standard InChI is InChI=1S/C27H28N6O4/c1-16(34)14-33-15-22(13-31-33)20-8-23-21(12-30-26(23)29-11-20)7-19(10-28)27(35)32-17(2)18-5-6-24(36-3)25(9-18)37-4/h5-9,11-13,15-17,34H,14H2,1-4H3,(H,29,30)(H,32,35)/b19-7+/t16?,17-/m1/s1. The maximum Gasteiger partial charge on any atom is 0.262 e. The van der Waals surface area contributed by atoms with E-state index in [1.54, 1.807) is 56.5 Å². The molecule has 37 heavy (non-hydrogen) atoms. The van der Waals surface area contributed by atoms with Crippen LogP contribution in [0.15, 0.2) is 54.6 Å². The third kappa shape index (κ3) is 5.63. The molecule has 0 radical (unpaired) electrons. The Morgan fingerprint density at radius 3 is 2.70 bits per heavy atom. The van der Waals surface area contributed by atoms with Crippen LogP contribution in [0.5, 0.6) is 11.5 Å². The highest BCUT2D eigenvalue weighted by Gasteiger charge is 2.17. The molecule has 10 heteroatoms. The lowest BCUT2D eigenvalue weighted by Gasteiger charge is -2.16. The molecule has 0 saturated carbocycles. The minimum absolute atomic E-state index is 0.0385. The Balaban J connectivity index is 1.57. The molecule has 10 nitrogen and oxygen atoms in total. The average Bonchev–Trinajstić information content (AvgIpc) is 3.52. The fourth-order valence-electron chi connectivity index (χ4n) is 3.97. The summed E-state index contributed by atoms with van der Waals surface area (Å²) in [6, 6.07) is 8.94. The number of carbonyl (C=O) groups is 1. The first-order valence-corrected chi connectivity index (χ1v) is 11.7. The Hall–Kier alpha value is -4.62. The molecule has 4 rings (SSSR count). The van der Waals surface area contributed by atoms with Crippen molar-refractivity contribution >= 4 is 23.0 Å². The van der Waals surface area contributed by atoms with Gasteiger partial charge in [0.25, 0.3) is 5.91 Å². The summed E-state index contributed by atoms with van der Waals surface area (Å²) >= 11 is 0. The third-order valence-electron chi connectivity index (χ3n) is 5.90. The van der Waals surface area contributed by atoms with E-state index in [1.807, 2.05) is 31.3 Å². The number of nitriles is 1. The molecular weight excluding hydrogens is 472 g/mol. The van der Waals surface area contributed by atoms with E-state index in [9.17, 15) is 15.2 Å². The summed E-state index contributed by atoms with van der Waals surface area (Å²) in [6.07, 6.45) is 8.00. The lowest BCUT2D eigenvalue weighted by Crippen LogP contribution is -2.27. The van der Waals surface area contributed by atoms with E-state index in [1.165, 1.54) is 6.08 Å². The van der Waals surface area contributed by atoms with E-state index in [2.05, 4.69) is 20.4 Å². The van der Waals surface area contributed by atoms with E-state index in [0.717, 1.165) is 22.1 Å². The van der Waals surface area contributed by atoms with Gasteiger partial charge >= 0.3 is 0 Å². The zero-order chi connectivity index (χ0) is 26.5. The first kappa shape index (κ1) is 25.5. The molecule has 0 bridgehead atoms. The van der Waals surface area contributed by atoms with E-state index in [0.29, 0.717) is 29.3 Å². The second kappa shape index (κ2) is 11.0. The number of hydrogen-bond donors (Lipinski definition) is 3. The largest absolute Gasteiger partial charge is 0.493 e. The third-order valence-corrected chi connectivity index (χ3v) is 5.90. The predicted molar refractivity (Wildman–Crippen MR) is 139 cm³/mol. The van der Waals surface area contributed by atoms with Gasteiger partial charge in [-0.05, 0) is 43.7 Å². The number of aliphatic hydroxyl groups excluding tert-OH is 1. The molecule has 0 saturated heterocycles. The van der Waals surface area contributed by atoms with Crippen LogP contribution in [0.3, 0.4) is 0 Å². The first-order chi connectivity index (χ1) is 17.8. The van der Waals surface area contributed by atoms with Gasteiger partial charge in [0.2, 0.25) is 0 Å². The average molecular weight is 501 g/mol. The van der Waals surface area contributed by atoms with E-state index in [4.69, 9.17) is 9.47 Å². The van der Waals surface area contributed by atoms with Crippen LogP contribution in [0.1, 0.15) is 31.0 Å². The number of benzene rings is 1. The van der Waals surface area contributed by atoms with Crippen molar-refractivity contribution in [3.05, 3.63) is 65.8 Å².